The second-order valence-corrected chi connectivity index (χ2v) is 4.91. The van der Waals surface area contributed by atoms with E-state index in [0.717, 1.165) is 24.3 Å². The van der Waals surface area contributed by atoms with E-state index in [1.54, 1.807) is 7.11 Å². The SMILES string of the molecule is CCOc1cc(CCC(C)(C)N)ccc1OC. The second kappa shape index (κ2) is 5.92. The van der Waals surface area contributed by atoms with Gasteiger partial charge in [-0.05, 0) is 51.3 Å². The molecule has 0 radical (unpaired) electrons. The summed E-state index contributed by atoms with van der Waals surface area (Å²) in [6.45, 7) is 6.69. The van der Waals surface area contributed by atoms with Gasteiger partial charge in [-0.1, -0.05) is 6.07 Å². The minimum atomic E-state index is -0.133. The number of methoxy groups -OCH3 is 1. The Morgan fingerprint density at radius 3 is 2.47 bits per heavy atom. The van der Waals surface area contributed by atoms with Crippen LogP contribution >= 0.6 is 0 Å². The van der Waals surface area contributed by atoms with Crippen LogP contribution in [0.4, 0.5) is 0 Å². The number of hydrogen-bond acceptors (Lipinski definition) is 3. The quantitative estimate of drug-likeness (QED) is 0.827. The van der Waals surface area contributed by atoms with E-state index in [2.05, 4.69) is 6.07 Å². The van der Waals surface area contributed by atoms with Crippen molar-refractivity contribution in [1.82, 2.24) is 0 Å². The topological polar surface area (TPSA) is 44.5 Å². The van der Waals surface area contributed by atoms with E-state index in [9.17, 15) is 0 Å². The van der Waals surface area contributed by atoms with E-state index in [-0.39, 0.29) is 5.54 Å². The van der Waals surface area contributed by atoms with Gasteiger partial charge in [-0.3, -0.25) is 0 Å². The average Bonchev–Trinajstić information content (AvgIpc) is 2.26. The highest BCUT2D eigenvalue weighted by atomic mass is 16.5. The van der Waals surface area contributed by atoms with E-state index in [0.29, 0.717) is 6.61 Å². The van der Waals surface area contributed by atoms with E-state index < -0.39 is 0 Å². The van der Waals surface area contributed by atoms with Crippen LogP contribution in [-0.4, -0.2) is 19.3 Å². The average molecular weight is 237 g/mol. The van der Waals surface area contributed by atoms with Gasteiger partial charge in [-0.2, -0.15) is 0 Å². The van der Waals surface area contributed by atoms with Gasteiger partial charge in [-0.25, -0.2) is 0 Å². The highest BCUT2D eigenvalue weighted by Crippen LogP contribution is 2.28. The van der Waals surface area contributed by atoms with Crippen molar-refractivity contribution in [3.8, 4) is 11.5 Å². The van der Waals surface area contributed by atoms with Crippen molar-refractivity contribution >= 4 is 0 Å². The molecule has 0 saturated heterocycles. The molecule has 0 fully saturated rings. The van der Waals surface area contributed by atoms with Gasteiger partial charge in [0.25, 0.3) is 0 Å². The maximum absolute atomic E-state index is 5.98. The van der Waals surface area contributed by atoms with Crippen molar-refractivity contribution in [2.75, 3.05) is 13.7 Å². The molecule has 3 heteroatoms. The Kier molecular flexibility index (Phi) is 4.82. The Bertz CT molecular complexity index is 356. The highest BCUT2D eigenvalue weighted by molar-refractivity contribution is 5.43. The molecule has 0 amide bonds. The van der Waals surface area contributed by atoms with Crippen molar-refractivity contribution in [1.29, 1.82) is 0 Å². The molecule has 3 nitrogen and oxygen atoms in total. The molecule has 0 spiro atoms. The maximum atomic E-state index is 5.98. The normalized spacial score (nSPS) is 11.4. The molecule has 0 aliphatic rings. The first-order valence-electron chi connectivity index (χ1n) is 6.05. The summed E-state index contributed by atoms with van der Waals surface area (Å²) >= 11 is 0. The fourth-order valence-corrected chi connectivity index (χ4v) is 1.61. The smallest absolute Gasteiger partial charge is 0.161 e. The molecule has 0 bridgehead atoms. The third-order valence-corrected chi connectivity index (χ3v) is 2.59. The zero-order valence-corrected chi connectivity index (χ0v) is 11.2. The van der Waals surface area contributed by atoms with Gasteiger partial charge in [0.15, 0.2) is 11.5 Å². The lowest BCUT2D eigenvalue weighted by Gasteiger charge is -2.18. The molecule has 1 aromatic carbocycles. The third kappa shape index (κ3) is 4.65. The van der Waals surface area contributed by atoms with Crippen molar-refractivity contribution in [3.05, 3.63) is 23.8 Å². The molecule has 0 aliphatic heterocycles. The van der Waals surface area contributed by atoms with E-state index in [4.69, 9.17) is 15.2 Å². The third-order valence-electron chi connectivity index (χ3n) is 2.59. The monoisotopic (exact) mass is 237 g/mol. The molecule has 1 rings (SSSR count). The zero-order chi connectivity index (χ0) is 12.9. The van der Waals surface area contributed by atoms with Gasteiger partial charge in [0.05, 0.1) is 13.7 Å². The lowest BCUT2D eigenvalue weighted by Crippen LogP contribution is -2.32. The first-order valence-corrected chi connectivity index (χ1v) is 6.05. The van der Waals surface area contributed by atoms with Gasteiger partial charge in [0.2, 0.25) is 0 Å². The molecule has 2 N–H and O–H groups in total. The van der Waals surface area contributed by atoms with Crippen molar-refractivity contribution in [2.45, 2.75) is 39.2 Å². The summed E-state index contributed by atoms with van der Waals surface area (Å²) in [6, 6.07) is 6.05. The van der Waals surface area contributed by atoms with Gasteiger partial charge in [-0.15, -0.1) is 0 Å². The van der Waals surface area contributed by atoms with Crippen molar-refractivity contribution < 1.29 is 9.47 Å². The van der Waals surface area contributed by atoms with Gasteiger partial charge < -0.3 is 15.2 Å². The molecule has 0 heterocycles. The maximum Gasteiger partial charge on any atom is 0.161 e. The Balaban J connectivity index is 2.77. The van der Waals surface area contributed by atoms with Crippen LogP contribution in [0.5, 0.6) is 11.5 Å². The van der Waals surface area contributed by atoms with Gasteiger partial charge in [0.1, 0.15) is 0 Å². The number of nitrogens with two attached hydrogens (primary N) is 1. The van der Waals surface area contributed by atoms with Crippen LogP contribution in [-0.2, 0) is 6.42 Å². The minimum Gasteiger partial charge on any atom is -0.493 e. The number of aryl methyl sites for hydroxylation is 1. The standard InChI is InChI=1S/C14H23NO2/c1-5-17-13-10-11(6-7-12(13)16-4)8-9-14(2,3)15/h6-7,10H,5,8-9,15H2,1-4H3. The Morgan fingerprint density at radius 2 is 1.94 bits per heavy atom. The van der Waals surface area contributed by atoms with Crippen LogP contribution in [0.15, 0.2) is 18.2 Å². The largest absolute Gasteiger partial charge is 0.493 e. The summed E-state index contributed by atoms with van der Waals surface area (Å²) in [4.78, 5) is 0. The van der Waals surface area contributed by atoms with Gasteiger partial charge in [0, 0.05) is 5.54 Å². The highest BCUT2D eigenvalue weighted by Gasteiger charge is 2.11. The number of hydrogen-bond donors (Lipinski definition) is 1. The molecule has 17 heavy (non-hydrogen) atoms. The van der Waals surface area contributed by atoms with Crippen LogP contribution in [0.2, 0.25) is 0 Å². The Morgan fingerprint density at radius 1 is 1.24 bits per heavy atom. The van der Waals surface area contributed by atoms with Crippen molar-refractivity contribution in [3.63, 3.8) is 0 Å². The second-order valence-electron chi connectivity index (χ2n) is 4.91. The predicted octanol–water partition coefficient (Wildman–Crippen LogP) is 2.76. The predicted molar refractivity (Wildman–Crippen MR) is 70.8 cm³/mol. The van der Waals surface area contributed by atoms with Crippen LogP contribution in [0, 0.1) is 0 Å². The molecular weight excluding hydrogens is 214 g/mol. The minimum absolute atomic E-state index is 0.133. The van der Waals surface area contributed by atoms with E-state index in [1.165, 1.54) is 5.56 Å². The molecule has 0 saturated carbocycles. The van der Waals surface area contributed by atoms with Crippen LogP contribution in [0.3, 0.4) is 0 Å². The molecule has 1 aromatic rings. The fraction of sp³-hybridized carbons (Fsp3) is 0.571. The Labute approximate surface area is 104 Å². The summed E-state index contributed by atoms with van der Waals surface area (Å²) in [5, 5.41) is 0. The Hall–Kier alpha value is -1.22. The molecule has 0 aliphatic carbocycles. The summed E-state index contributed by atoms with van der Waals surface area (Å²) in [5.74, 6) is 1.59. The molecule has 0 unspecified atom stereocenters. The lowest BCUT2D eigenvalue weighted by molar-refractivity contribution is 0.310. The van der Waals surface area contributed by atoms with Crippen LogP contribution < -0.4 is 15.2 Å². The summed E-state index contributed by atoms with van der Waals surface area (Å²) < 4.78 is 10.8. The van der Waals surface area contributed by atoms with E-state index >= 15 is 0 Å². The summed E-state index contributed by atoms with van der Waals surface area (Å²) in [6.07, 6.45) is 1.90. The zero-order valence-electron chi connectivity index (χ0n) is 11.2. The first-order chi connectivity index (χ1) is 7.96. The first kappa shape index (κ1) is 13.8. The number of ether oxygens (including phenoxy) is 2. The lowest BCUT2D eigenvalue weighted by atomic mass is 9.96. The molecule has 96 valence electrons. The van der Waals surface area contributed by atoms with Crippen LogP contribution in [0.1, 0.15) is 32.8 Å². The van der Waals surface area contributed by atoms with Gasteiger partial charge >= 0.3 is 0 Å². The molecular formula is C14H23NO2. The fourth-order valence-electron chi connectivity index (χ4n) is 1.61. The summed E-state index contributed by atoms with van der Waals surface area (Å²) in [5.41, 5.74) is 7.08. The van der Waals surface area contributed by atoms with Crippen LogP contribution in [0.25, 0.3) is 0 Å². The number of rotatable bonds is 6. The van der Waals surface area contributed by atoms with E-state index in [1.807, 2.05) is 32.9 Å². The molecule has 0 aromatic heterocycles. The van der Waals surface area contributed by atoms with Crippen molar-refractivity contribution in [2.24, 2.45) is 5.73 Å². The summed E-state index contributed by atoms with van der Waals surface area (Å²) in [7, 11) is 1.65. The molecule has 0 atom stereocenters. The number of benzene rings is 1.